The van der Waals surface area contributed by atoms with Crippen LogP contribution in [0.15, 0.2) is 23.8 Å². The smallest absolute Gasteiger partial charge is 0.226 e. The predicted molar refractivity (Wildman–Crippen MR) is 107 cm³/mol. The minimum absolute atomic E-state index is 0.0330. The van der Waals surface area contributed by atoms with E-state index in [-0.39, 0.29) is 36.4 Å². The molecule has 2 saturated heterocycles. The molecule has 1 N–H and O–H groups in total. The molecule has 2 aliphatic heterocycles. The Balaban J connectivity index is 1.44. The fourth-order valence-corrected chi connectivity index (χ4v) is 8.90. The Morgan fingerprint density at radius 1 is 1.14 bits per heavy atom. The van der Waals surface area contributed by atoms with Crippen LogP contribution in [0, 0.1) is 34.5 Å². The van der Waals surface area contributed by atoms with Crippen LogP contribution in [-0.2, 0) is 18.9 Å². The van der Waals surface area contributed by atoms with Crippen LogP contribution in [0.3, 0.4) is 0 Å². The Labute approximate surface area is 173 Å². The van der Waals surface area contributed by atoms with Crippen molar-refractivity contribution in [3.05, 3.63) is 23.8 Å². The van der Waals surface area contributed by atoms with Gasteiger partial charge >= 0.3 is 0 Å². The molecule has 1 unspecified atom stereocenters. The summed E-state index contributed by atoms with van der Waals surface area (Å²) in [4.78, 5) is 0. The van der Waals surface area contributed by atoms with Crippen LogP contribution in [0.2, 0.25) is 0 Å². The highest BCUT2D eigenvalue weighted by molar-refractivity contribution is 5.35. The molecule has 6 rings (SSSR count). The molecule has 29 heavy (non-hydrogen) atoms. The van der Waals surface area contributed by atoms with Crippen LogP contribution in [0.5, 0.6) is 0 Å². The zero-order valence-corrected chi connectivity index (χ0v) is 17.9. The minimum Gasteiger partial charge on any atom is -0.393 e. The summed E-state index contributed by atoms with van der Waals surface area (Å²) in [5, 5.41) is 11.7. The number of aliphatic hydroxyl groups is 1. The van der Waals surface area contributed by atoms with Gasteiger partial charge in [-0.15, -0.1) is 0 Å². The van der Waals surface area contributed by atoms with E-state index < -0.39 is 11.4 Å². The van der Waals surface area contributed by atoms with E-state index in [1.165, 1.54) is 0 Å². The van der Waals surface area contributed by atoms with Crippen molar-refractivity contribution in [1.29, 1.82) is 0 Å². The first-order chi connectivity index (χ1) is 13.9. The van der Waals surface area contributed by atoms with Gasteiger partial charge in [-0.1, -0.05) is 44.6 Å². The molecule has 5 fully saturated rings. The predicted octanol–water partition coefficient (Wildman–Crippen LogP) is 3.78. The van der Waals surface area contributed by atoms with Crippen LogP contribution in [0.25, 0.3) is 0 Å². The van der Waals surface area contributed by atoms with Crippen molar-refractivity contribution in [1.82, 2.24) is 0 Å². The molecular weight excluding hydrogens is 368 g/mol. The molecule has 0 bridgehead atoms. The van der Waals surface area contributed by atoms with E-state index in [1.54, 1.807) is 5.57 Å². The SMILES string of the molecule is C[C@H]1C[C@@H]2[C@H]([C@@H](O)C[C@@]3(C)[C@H]2CC[C@@]32OCOC23COCO3)[C@@]2(C)C=CCC=C12. The Morgan fingerprint density at radius 2 is 1.97 bits per heavy atom. The largest absolute Gasteiger partial charge is 0.393 e. The molecule has 0 aromatic heterocycles. The number of hydrogen-bond donors (Lipinski definition) is 1. The van der Waals surface area contributed by atoms with Crippen LogP contribution >= 0.6 is 0 Å². The molecule has 0 aromatic rings. The normalized spacial score (nSPS) is 58.3. The lowest BCUT2D eigenvalue weighted by atomic mass is 9.44. The Bertz CT molecular complexity index is 764. The molecule has 6 aliphatic rings. The second kappa shape index (κ2) is 5.95. The first kappa shape index (κ1) is 19.0. The molecular formula is C24H34O5. The number of allylic oxidation sites excluding steroid dienone is 4. The molecule has 0 radical (unpaired) electrons. The molecule has 2 heterocycles. The number of fused-ring (bicyclic) bond motifs is 7. The van der Waals surface area contributed by atoms with Crippen molar-refractivity contribution >= 4 is 0 Å². The zero-order chi connectivity index (χ0) is 20.1. The summed E-state index contributed by atoms with van der Waals surface area (Å²) in [6.45, 7) is 8.00. The van der Waals surface area contributed by atoms with Gasteiger partial charge in [0.1, 0.15) is 12.2 Å². The summed E-state index contributed by atoms with van der Waals surface area (Å²) in [6.07, 6.45) is 11.7. The summed E-state index contributed by atoms with van der Waals surface area (Å²) >= 11 is 0. The van der Waals surface area contributed by atoms with Crippen molar-refractivity contribution in [2.75, 3.05) is 20.2 Å². The first-order valence-corrected chi connectivity index (χ1v) is 11.4. The molecule has 0 amide bonds. The van der Waals surface area contributed by atoms with Gasteiger partial charge in [0.15, 0.2) is 13.6 Å². The number of aliphatic hydroxyl groups excluding tert-OH is 1. The van der Waals surface area contributed by atoms with Gasteiger partial charge in [-0.25, -0.2) is 0 Å². The van der Waals surface area contributed by atoms with E-state index in [0.717, 1.165) is 32.1 Å². The highest BCUT2D eigenvalue weighted by atomic mass is 16.9. The topological polar surface area (TPSA) is 57.2 Å². The zero-order valence-electron chi connectivity index (χ0n) is 17.9. The average molecular weight is 403 g/mol. The summed E-state index contributed by atoms with van der Waals surface area (Å²) < 4.78 is 24.2. The van der Waals surface area contributed by atoms with Gasteiger partial charge < -0.3 is 24.1 Å². The van der Waals surface area contributed by atoms with E-state index in [4.69, 9.17) is 18.9 Å². The van der Waals surface area contributed by atoms with Gasteiger partial charge in [-0.3, -0.25) is 0 Å². The van der Waals surface area contributed by atoms with Crippen LogP contribution < -0.4 is 0 Å². The van der Waals surface area contributed by atoms with Crippen LogP contribution in [-0.4, -0.2) is 42.8 Å². The molecule has 2 spiro atoms. The van der Waals surface area contributed by atoms with E-state index in [9.17, 15) is 5.11 Å². The summed E-state index contributed by atoms with van der Waals surface area (Å²) in [6, 6.07) is 0. The molecule has 0 aromatic carbocycles. The molecule has 5 heteroatoms. The van der Waals surface area contributed by atoms with Gasteiger partial charge in [0.05, 0.1) is 6.10 Å². The number of ether oxygens (including phenoxy) is 4. The fourth-order valence-electron chi connectivity index (χ4n) is 8.90. The van der Waals surface area contributed by atoms with E-state index >= 15 is 0 Å². The summed E-state index contributed by atoms with van der Waals surface area (Å²) in [5.41, 5.74) is 0.791. The fraction of sp³-hybridized carbons (Fsp3) is 0.833. The molecule has 4 aliphatic carbocycles. The van der Waals surface area contributed by atoms with E-state index in [0.29, 0.717) is 24.4 Å². The van der Waals surface area contributed by atoms with Gasteiger partial charge in [0.25, 0.3) is 0 Å². The lowest BCUT2D eigenvalue weighted by Gasteiger charge is -2.62. The minimum atomic E-state index is -0.816. The maximum absolute atomic E-state index is 11.7. The quantitative estimate of drug-likeness (QED) is 0.625. The van der Waals surface area contributed by atoms with E-state index in [2.05, 4.69) is 39.0 Å². The summed E-state index contributed by atoms with van der Waals surface area (Å²) in [5.74, 6) is 0.983. The Kier molecular flexibility index (Phi) is 3.90. The lowest BCUT2D eigenvalue weighted by molar-refractivity contribution is -0.257. The number of hydrogen-bond acceptors (Lipinski definition) is 5. The van der Waals surface area contributed by atoms with E-state index in [1.807, 2.05) is 0 Å². The number of rotatable bonds is 0. The van der Waals surface area contributed by atoms with Crippen molar-refractivity contribution < 1.29 is 24.1 Å². The van der Waals surface area contributed by atoms with Crippen molar-refractivity contribution in [2.24, 2.45) is 34.5 Å². The van der Waals surface area contributed by atoms with Crippen molar-refractivity contribution in [2.45, 2.75) is 70.4 Å². The maximum atomic E-state index is 11.7. The van der Waals surface area contributed by atoms with Gasteiger partial charge in [-0.2, -0.15) is 0 Å². The van der Waals surface area contributed by atoms with Gasteiger partial charge in [0, 0.05) is 16.7 Å². The van der Waals surface area contributed by atoms with Crippen LogP contribution in [0.1, 0.15) is 52.9 Å². The van der Waals surface area contributed by atoms with Crippen molar-refractivity contribution in [3.63, 3.8) is 0 Å². The lowest BCUT2D eigenvalue weighted by Crippen LogP contribution is -2.66. The van der Waals surface area contributed by atoms with Gasteiger partial charge in [0.2, 0.25) is 5.79 Å². The molecule has 5 nitrogen and oxygen atoms in total. The monoisotopic (exact) mass is 402 g/mol. The highest BCUT2D eigenvalue weighted by Crippen LogP contribution is 2.71. The molecule has 160 valence electrons. The third-order valence-corrected chi connectivity index (χ3v) is 9.86. The second-order valence-corrected chi connectivity index (χ2v) is 10.8. The standard InChI is InChI=1S/C24H34O5/c1-15-10-16-18-7-9-23(24(29-14-27-23)12-26-13-28-24)22(18,3)11-19(25)20(16)21(2)8-5-4-6-17(15)21/h5-6,8,15-16,18-20,25H,4,7,9-14H2,1-3H3/t15-,16-,18-,19-,20+,21-,22-,23+,24?/m0/s1. The maximum Gasteiger partial charge on any atom is 0.226 e. The second-order valence-electron chi connectivity index (χ2n) is 10.8. The Morgan fingerprint density at radius 3 is 2.76 bits per heavy atom. The average Bonchev–Trinajstić information content (AvgIpc) is 3.36. The molecule has 9 atom stereocenters. The van der Waals surface area contributed by atoms with Gasteiger partial charge in [-0.05, 0) is 49.9 Å². The molecule has 3 saturated carbocycles. The third-order valence-electron chi connectivity index (χ3n) is 9.86. The summed E-state index contributed by atoms with van der Waals surface area (Å²) in [7, 11) is 0. The highest BCUT2D eigenvalue weighted by Gasteiger charge is 2.76. The Hall–Kier alpha value is -0.720. The first-order valence-electron chi connectivity index (χ1n) is 11.4. The van der Waals surface area contributed by atoms with Crippen LogP contribution in [0.4, 0.5) is 0 Å². The van der Waals surface area contributed by atoms with Crippen molar-refractivity contribution in [3.8, 4) is 0 Å². The third kappa shape index (κ3) is 2.09.